The second-order valence-corrected chi connectivity index (χ2v) is 4.50. The Labute approximate surface area is 119 Å². The number of nitro benzene ring substituents is 1. The summed E-state index contributed by atoms with van der Waals surface area (Å²) in [5.41, 5.74) is 0.819. The van der Waals surface area contributed by atoms with Crippen LogP contribution < -0.4 is 10.1 Å². The maximum absolute atomic E-state index is 10.8. The first-order chi connectivity index (χ1) is 9.62. The number of hydrogen-bond donors (Lipinski definition) is 1. The third-order valence-electron chi connectivity index (χ3n) is 3.12. The molecule has 0 unspecified atom stereocenters. The Hall–Kier alpha value is -1.82. The van der Waals surface area contributed by atoms with Gasteiger partial charge in [-0.05, 0) is 25.6 Å². The minimum Gasteiger partial charge on any atom is -0.490 e. The van der Waals surface area contributed by atoms with E-state index in [0.29, 0.717) is 0 Å². The Balaban J connectivity index is 2.58. The van der Waals surface area contributed by atoms with E-state index in [1.54, 1.807) is 12.1 Å². The summed E-state index contributed by atoms with van der Waals surface area (Å²) in [5, 5.41) is 14.1. The molecule has 20 heavy (non-hydrogen) atoms. The third kappa shape index (κ3) is 4.70. The molecule has 1 rings (SSSR count). The fraction of sp³-hybridized carbons (Fsp3) is 0.571. The van der Waals surface area contributed by atoms with Crippen molar-refractivity contribution < 1.29 is 9.66 Å². The van der Waals surface area contributed by atoms with Gasteiger partial charge in [0.1, 0.15) is 0 Å². The Morgan fingerprint density at radius 1 is 1.35 bits per heavy atom. The molecule has 0 radical (unpaired) electrons. The molecule has 0 aliphatic carbocycles. The van der Waals surface area contributed by atoms with Gasteiger partial charge in [0.2, 0.25) is 0 Å². The van der Waals surface area contributed by atoms with Crippen LogP contribution in [0.2, 0.25) is 0 Å². The highest BCUT2D eigenvalue weighted by atomic mass is 16.6. The standard InChI is InChI=1S/C14H23N3O3/c1-4-9-16(5-2)10-8-15-12-6-7-13(17(18)19)14(11-12)20-3/h6-7,11,15H,4-5,8-10H2,1-3H3. The highest BCUT2D eigenvalue weighted by molar-refractivity contribution is 5.57. The highest BCUT2D eigenvalue weighted by Crippen LogP contribution is 2.29. The Morgan fingerprint density at radius 3 is 2.65 bits per heavy atom. The first kappa shape index (κ1) is 16.2. The average Bonchev–Trinajstić information content (AvgIpc) is 2.45. The number of hydrogen-bond acceptors (Lipinski definition) is 5. The first-order valence-corrected chi connectivity index (χ1v) is 6.91. The van der Waals surface area contributed by atoms with Crippen molar-refractivity contribution in [3.63, 3.8) is 0 Å². The number of nitro groups is 1. The number of methoxy groups -OCH3 is 1. The van der Waals surface area contributed by atoms with Crippen LogP contribution >= 0.6 is 0 Å². The van der Waals surface area contributed by atoms with E-state index in [-0.39, 0.29) is 11.4 Å². The summed E-state index contributed by atoms with van der Waals surface area (Å²) in [4.78, 5) is 12.7. The van der Waals surface area contributed by atoms with E-state index >= 15 is 0 Å². The van der Waals surface area contributed by atoms with Crippen LogP contribution in [0.25, 0.3) is 0 Å². The van der Waals surface area contributed by atoms with Crippen molar-refractivity contribution in [1.29, 1.82) is 0 Å². The summed E-state index contributed by atoms with van der Waals surface area (Å²) in [6.07, 6.45) is 1.14. The van der Waals surface area contributed by atoms with Crippen LogP contribution in [0.1, 0.15) is 20.3 Å². The molecule has 1 N–H and O–H groups in total. The Morgan fingerprint density at radius 2 is 2.10 bits per heavy atom. The van der Waals surface area contributed by atoms with Gasteiger partial charge in [0.05, 0.1) is 12.0 Å². The Kier molecular flexibility index (Phi) is 6.79. The molecule has 0 bridgehead atoms. The summed E-state index contributed by atoms with van der Waals surface area (Å²) in [6, 6.07) is 4.83. The van der Waals surface area contributed by atoms with Crippen LogP contribution in [-0.2, 0) is 0 Å². The van der Waals surface area contributed by atoms with E-state index in [1.807, 2.05) is 0 Å². The summed E-state index contributed by atoms with van der Waals surface area (Å²) >= 11 is 0. The molecule has 0 atom stereocenters. The fourth-order valence-electron chi connectivity index (χ4n) is 2.04. The van der Waals surface area contributed by atoms with Crippen molar-refractivity contribution in [3.8, 4) is 5.75 Å². The van der Waals surface area contributed by atoms with Gasteiger partial charge >= 0.3 is 5.69 Å². The molecule has 1 aromatic rings. The maximum atomic E-state index is 10.8. The van der Waals surface area contributed by atoms with Crippen molar-refractivity contribution in [1.82, 2.24) is 4.90 Å². The second kappa shape index (κ2) is 8.37. The van der Waals surface area contributed by atoms with Crippen LogP contribution in [-0.4, -0.2) is 43.1 Å². The molecule has 112 valence electrons. The van der Waals surface area contributed by atoms with Gasteiger partial charge in [-0.2, -0.15) is 0 Å². The number of nitrogens with zero attached hydrogens (tertiary/aromatic N) is 2. The molecule has 1 aromatic carbocycles. The number of ether oxygens (including phenoxy) is 1. The van der Waals surface area contributed by atoms with Crippen LogP contribution in [0, 0.1) is 10.1 Å². The summed E-state index contributed by atoms with van der Waals surface area (Å²) in [7, 11) is 1.44. The molecule has 6 heteroatoms. The van der Waals surface area contributed by atoms with Gasteiger partial charge in [0.25, 0.3) is 0 Å². The zero-order valence-corrected chi connectivity index (χ0v) is 12.4. The lowest BCUT2D eigenvalue weighted by molar-refractivity contribution is -0.385. The molecule has 0 saturated carbocycles. The maximum Gasteiger partial charge on any atom is 0.311 e. The second-order valence-electron chi connectivity index (χ2n) is 4.50. The molecular formula is C14H23N3O3. The predicted octanol–water partition coefficient (Wildman–Crippen LogP) is 2.75. The molecule has 6 nitrogen and oxygen atoms in total. The highest BCUT2D eigenvalue weighted by Gasteiger charge is 2.14. The van der Waals surface area contributed by atoms with E-state index in [2.05, 4.69) is 24.1 Å². The van der Waals surface area contributed by atoms with E-state index in [4.69, 9.17) is 4.74 Å². The zero-order valence-electron chi connectivity index (χ0n) is 12.4. The number of anilines is 1. The third-order valence-corrected chi connectivity index (χ3v) is 3.12. The van der Waals surface area contributed by atoms with Gasteiger partial charge < -0.3 is 15.0 Å². The summed E-state index contributed by atoms with van der Waals surface area (Å²) in [6.45, 7) is 8.17. The quantitative estimate of drug-likeness (QED) is 0.557. The van der Waals surface area contributed by atoms with E-state index in [1.165, 1.54) is 13.2 Å². The van der Waals surface area contributed by atoms with E-state index < -0.39 is 4.92 Å². The van der Waals surface area contributed by atoms with Crippen LogP contribution in [0.3, 0.4) is 0 Å². The number of benzene rings is 1. The molecule has 0 spiro atoms. The van der Waals surface area contributed by atoms with Gasteiger partial charge in [0, 0.05) is 30.9 Å². The predicted molar refractivity (Wildman–Crippen MR) is 80.5 cm³/mol. The van der Waals surface area contributed by atoms with Gasteiger partial charge in [0.15, 0.2) is 5.75 Å². The van der Waals surface area contributed by atoms with Crippen molar-refractivity contribution >= 4 is 11.4 Å². The van der Waals surface area contributed by atoms with Crippen LogP contribution in [0.5, 0.6) is 5.75 Å². The van der Waals surface area contributed by atoms with E-state index in [9.17, 15) is 10.1 Å². The molecule has 0 aliphatic rings. The van der Waals surface area contributed by atoms with Gasteiger partial charge in [-0.15, -0.1) is 0 Å². The fourth-order valence-corrected chi connectivity index (χ4v) is 2.04. The molecule has 0 aromatic heterocycles. The van der Waals surface area contributed by atoms with Gasteiger partial charge in [-0.25, -0.2) is 0 Å². The van der Waals surface area contributed by atoms with Crippen molar-refractivity contribution in [2.24, 2.45) is 0 Å². The molecule has 0 heterocycles. The van der Waals surface area contributed by atoms with Crippen LogP contribution in [0.15, 0.2) is 18.2 Å². The van der Waals surface area contributed by atoms with Crippen molar-refractivity contribution in [2.75, 3.05) is 38.6 Å². The topological polar surface area (TPSA) is 67.6 Å². The lowest BCUT2D eigenvalue weighted by atomic mass is 10.2. The first-order valence-electron chi connectivity index (χ1n) is 6.91. The monoisotopic (exact) mass is 281 g/mol. The molecule has 0 fully saturated rings. The van der Waals surface area contributed by atoms with Crippen molar-refractivity contribution in [2.45, 2.75) is 20.3 Å². The SMILES string of the molecule is CCCN(CC)CCNc1ccc([N+](=O)[O-])c(OC)c1. The number of nitrogens with one attached hydrogen (secondary N) is 1. The number of likely N-dealkylation sites (N-methyl/N-ethyl adjacent to an activating group) is 1. The summed E-state index contributed by atoms with van der Waals surface area (Å²) in [5.74, 6) is 0.279. The summed E-state index contributed by atoms with van der Waals surface area (Å²) < 4.78 is 5.04. The zero-order chi connectivity index (χ0) is 15.0. The van der Waals surface area contributed by atoms with E-state index in [0.717, 1.165) is 38.3 Å². The normalized spacial score (nSPS) is 10.6. The average molecular weight is 281 g/mol. The minimum atomic E-state index is -0.442. The largest absolute Gasteiger partial charge is 0.490 e. The molecule has 0 amide bonds. The molecule has 0 saturated heterocycles. The Bertz CT molecular complexity index is 438. The number of rotatable bonds is 9. The smallest absolute Gasteiger partial charge is 0.311 e. The van der Waals surface area contributed by atoms with Crippen molar-refractivity contribution in [3.05, 3.63) is 28.3 Å². The van der Waals surface area contributed by atoms with Crippen LogP contribution in [0.4, 0.5) is 11.4 Å². The van der Waals surface area contributed by atoms with Gasteiger partial charge in [-0.1, -0.05) is 13.8 Å². The minimum absolute atomic E-state index is 0.0146. The molecular weight excluding hydrogens is 258 g/mol. The molecule has 0 aliphatic heterocycles. The lowest BCUT2D eigenvalue weighted by Gasteiger charge is -2.20. The van der Waals surface area contributed by atoms with Gasteiger partial charge in [-0.3, -0.25) is 10.1 Å². The lowest BCUT2D eigenvalue weighted by Crippen LogP contribution is -2.29.